The standard InChI is InChI=1S/C10H6BFN2/c11-7-1-2-10(14-5-7)8-3-4-13-6-9(8)12/h1-6H. The zero-order valence-electron chi connectivity index (χ0n) is 7.31. The van der Waals surface area contributed by atoms with Crippen LogP contribution in [0.2, 0.25) is 0 Å². The van der Waals surface area contributed by atoms with Gasteiger partial charge in [0.25, 0.3) is 0 Å². The molecular formula is C10H6BFN2. The largest absolute Gasteiger partial charge is 0.262 e. The Bertz CT molecular complexity index is 442. The number of rotatable bonds is 1. The predicted octanol–water partition coefficient (Wildman–Crippen LogP) is 1.08. The highest BCUT2D eigenvalue weighted by Crippen LogP contribution is 2.17. The Balaban J connectivity index is 2.50. The molecule has 2 aromatic rings. The third kappa shape index (κ3) is 1.64. The van der Waals surface area contributed by atoms with Crippen LogP contribution in [0.15, 0.2) is 36.8 Å². The summed E-state index contributed by atoms with van der Waals surface area (Å²) in [6.07, 6.45) is 4.18. The summed E-state index contributed by atoms with van der Waals surface area (Å²) in [4.78, 5) is 7.68. The Morgan fingerprint density at radius 1 is 1.14 bits per heavy atom. The molecule has 0 unspecified atom stereocenters. The summed E-state index contributed by atoms with van der Waals surface area (Å²) < 4.78 is 13.2. The molecule has 0 aliphatic carbocycles. The van der Waals surface area contributed by atoms with Gasteiger partial charge in [-0.2, -0.15) is 0 Å². The topological polar surface area (TPSA) is 25.8 Å². The summed E-state index contributed by atoms with van der Waals surface area (Å²) in [6, 6.07) is 4.93. The molecule has 0 aromatic carbocycles. The molecule has 14 heavy (non-hydrogen) atoms. The normalized spacial score (nSPS) is 10.1. The van der Waals surface area contributed by atoms with Crippen LogP contribution in [0.25, 0.3) is 11.3 Å². The van der Waals surface area contributed by atoms with Gasteiger partial charge in [-0.3, -0.25) is 9.97 Å². The van der Waals surface area contributed by atoms with E-state index in [0.717, 1.165) is 6.20 Å². The second-order valence-corrected chi connectivity index (χ2v) is 2.83. The summed E-state index contributed by atoms with van der Waals surface area (Å²) in [5, 5.41) is 0. The molecule has 0 bridgehead atoms. The van der Waals surface area contributed by atoms with Crippen molar-refractivity contribution in [1.82, 2.24) is 9.97 Å². The minimum Gasteiger partial charge on any atom is -0.262 e. The van der Waals surface area contributed by atoms with Crippen LogP contribution in [0.1, 0.15) is 0 Å². The molecule has 2 aromatic heterocycles. The van der Waals surface area contributed by atoms with Crippen molar-refractivity contribution < 1.29 is 4.39 Å². The van der Waals surface area contributed by atoms with Crippen LogP contribution in [0.5, 0.6) is 0 Å². The SMILES string of the molecule is [B]c1ccc(-c2ccncc2F)nc1. The minimum atomic E-state index is -0.384. The van der Waals surface area contributed by atoms with Crippen LogP contribution in [0.4, 0.5) is 4.39 Å². The fourth-order valence-electron chi connectivity index (χ4n) is 1.15. The highest BCUT2D eigenvalue weighted by molar-refractivity contribution is 6.32. The summed E-state index contributed by atoms with van der Waals surface area (Å²) in [7, 11) is 5.47. The second kappa shape index (κ2) is 3.58. The van der Waals surface area contributed by atoms with Gasteiger partial charge in [-0.15, -0.1) is 0 Å². The van der Waals surface area contributed by atoms with Crippen molar-refractivity contribution in [3.8, 4) is 11.3 Å². The van der Waals surface area contributed by atoms with E-state index in [4.69, 9.17) is 7.85 Å². The second-order valence-electron chi connectivity index (χ2n) is 2.83. The average Bonchev–Trinajstić information content (AvgIpc) is 2.20. The average molecular weight is 184 g/mol. The van der Waals surface area contributed by atoms with E-state index in [1.807, 2.05) is 0 Å². The monoisotopic (exact) mass is 184 g/mol. The van der Waals surface area contributed by atoms with E-state index in [9.17, 15) is 4.39 Å². The molecule has 0 spiro atoms. The quantitative estimate of drug-likeness (QED) is 0.619. The summed E-state index contributed by atoms with van der Waals surface area (Å²) in [5.41, 5.74) is 1.54. The number of halogens is 1. The molecule has 2 nitrogen and oxygen atoms in total. The molecule has 0 aliphatic heterocycles. The molecule has 0 aliphatic rings. The van der Waals surface area contributed by atoms with Crippen molar-refractivity contribution in [3.63, 3.8) is 0 Å². The molecule has 2 radical (unpaired) electrons. The first-order valence-electron chi connectivity index (χ1n) is 4.09. The number of nitrogens with zero attached hydrogens (tertiary/aromatic N) is 2. The molecule has 4 heteroatoms. The number of aromatic nitrogens is 2. The van der Waals surface area contributed by atoms with Gasteiger partial charge >= 0.3 is 0 Å². The van der Waals surface area contributed by atoms with Gasteiger partial charge in [0.05, 0.1) is 11.9 Å². The van der Waals surface area contributed by atoms with Crippen LogP contribution in [0, 0.1) is 5.82 Å². The number of hydrogen-bond acceptors (Lipinski definition) is 2. The van der Waals surface area contributed by atoms with E-state index in [1.165, 1.54) is 12.4 Å². The van der Waals surface area contributed by atoms with Crippen LogP contribution < -0.4 is 5.46 Å². The van der Waals surface area contributed by atoms with E-state index >= 15 is 0 Å². The zero-order chi connectivity index (χ0) is 9.97. The van der Waals surface area contributed by atoms with E-state index in [2.05, 4.69) is 9.97 Å². The van der Waals surface area contributed by atoms with E-state index in [0.29, 0.717) is 16.7 Å². The fraction of sp³-hybridized carbons (Fsp3) is 0. The lowest BCUT2D eigenvalue weighted by Crippen LogP contribution is -2.02. The molecule has 0 saturated heterocycles. The van der Waals surface area contributed by atoms with Crippen molar-refractivity contribution in [2.24, 2.45) is 0 Å². The molecule has 0 atom stereocenters. The van der Waals surface area contributed by atoms with E-state index < -0.39 is 0 Å². The zero-order valence-corrected chi connectivity index (χ0v) is 7.31. The van der Waals surface area contributed by atoms with Gasteiger partial charge in [0.1, 0.15) is 7.85 Å². The molecule has 0 saturated carbocycles. The Morgan fingerprint density at radius 2 is 2.00 bits per heavy atom. The van der Waals surface area contributed by atoms with Crippen LogP contribution in [-0.4, -0.2) is 17.8 Å². The van der Waals surface area contributed by atoms with Crippen molar-refractivity contribution in [1.29, 1.82) is 0 Å². The van der Waals surface area contributed by atoms with Gasteiger partial charge in [-0.1, -0.05) is 11.5 Å². The van der Waals surface area contributed by atoms with Gasteiger partial charge in [0.15, 0.2) is 5.82 Å². The smallest absolute Gasteiger partial charge is 0.150 e. The highest BCUT2D eigenvalue weighted by atomic mass is 19.1. The Kier molecular flexibility index (Phi) is 2.27. The van der Waals surface area contributed by atoms with E-state index in [-0.39, 0.29) is 5.82 Å². The predicted molar refractivity (Wildman–Crippen MR) is 52.8 cm³/mol. The van der Waals surface area contributed by atoms with Gasteiger partial charge in [-0.25, -0.2) is 4.39 Å². The first kappa shape index (κ1) is 8.87. The molecule has 0 N–H and O–H groups in total. The first-order valence-corrected chi connectivity index (χ1v) is 4.09. The third-order valence-corrected chi connectivity index (χ3v) is 1.83. The minimum absolute atomic E-state index is 0.384. The molecule has 0 fully saturated rings. The molecule has 2 heterocycles. The third-order valence-electron chi connectivity index (χ3n) is 1.83. The fourth-order valence-corrected chi connectivity index (χ4v) is 1.15. The highest BCUT2D eigenvalue weighted by Gasteiger charge is 2.04. The van der Waals surface area contributed by atoms with Crippen LogP contribution in [0.3, 0.4) is 0 Å². The Labute approximate surface area is 82.2 Å². The lowest BCUT2D eigenvalue weighted by Gasteiger charge is -2.01. The molecule has 2 rings (SSSR count). The maximum Gasteiger partial charge on any atom is 0.150 e. The van der Waals surface area contributed by atoms with Crippen molar-refractivity contribution in [2.45, 2.75) is 0 Å². The first-order chi connectivity index (χ1) is 6.77. The maximum atomic E-state index is 13.2. The summed E-state index contributed by atoms with van der Waals surface area (Å²) in [6.45, 7) is 0. The van der Waals surface area contributed by atoms with Crippen LogP contribution in [-0.2, 0) is 0 Å². The van der Waals surface area contributed by atoms with E-state index in [1.54, 1.807) is 18.2 Å². The van der Waals surface area contributed by atoms with Crippen LogP contribution >= 0.6 is 0 Å². The lowest BCUT2D eigenvalue weighted by atomic mass is 9.98. The van der Waals surface area contributed by atoms with Gasteiger partial charge in [0.2, 0.25) is 0 Å². The van der Waals surface area contributed by atoms with Crippen molar-refractivity contribution in [3.05, 3.63) is 42.6 Å². The maximum absolute atomic E-state index is 13.2. The lowest BCUT2D eigenvalue weighted by molar-refractivity contribution is 0.624. The Morgan fingerprint density at radius 3 is 2.64 bits per heavy atom. The number of hydrogen-bond donors (Lipinski definition) is 0. The van der Waals surface area contributed by atoms with Crippen molar-refractivity contribution in [2.75, 3.05) is 0 Å². The van der Waals surface area contributed by atoms with Gasteiger partial charge in [0, 0.05) is 18.0 Å². The summed E-state index contributed by atoms with van der Waals surface area (Å²) in [5.74, 6) is -0.384. The molecular weight excluding hydrogens is 178 g/mol. The Hall–Kier alpha value is -1.71. The molecule has 66 valence electrons. The molecule has 0 amide bonds. The van der Waals surface area contributed by atoms with Gasteiger partial charge in [-0.05, 0) is 12.1 Å². The van der Waals surface area contributed by atoms with Crippen molar-refractivity contribution >= 4 is 13.3 Å². The number of pyridine rings is 2. The summed E-state index contributed by atoms with van der Waals surface area (Å²) >= 11 is 0. The van der Waals surface area contributed by atoms with Gasteiger partial charge < -0.3 is 0 Å².